The first-order valence-corrected chi connectivity index (χ1v) is 8.09. The van der Waals surface area contributed by atoms with Crippen molar-refractivity contribution in [3.05, 3.63) is 47.2 Å². The summed E-state index contributed by atoms with van der Waals surface area (Å²) in [5, 5.41) is 16.0. The Labute approximate surface area is 150 Å². The monoisotopic (exact) mass is 352 g/mol. The maximum absolute atomic E-state index is 12.1. The van der Waals surface area contributed by atoms with Crippen LogP contribution in [0.1, 0.15) is 16.7 Å². The molecule has 0 aliphatic rings. The molecule has 26 heavy (non-hydrogen) atoms. The maximum Gasteiger partial charge on any atom is 0.315 e. The summed E-state index contributed by atoms with van der Waals surface area (Å²) in [5.74, 6) is -0.830. The number of nitrogens with zero attached hydrogens (tertiary/aromatic N) is 3. The van der Waals surface area contributed by atoms with Crippen molar-refractivity contribution in [3.8, 4) is 11.3 Å². The molecular weight excluding hydrogens is 332 g/mol. The summed E-state index contributed by atoms with van der Waals surface area (Å²) in [5.41, 5.74) is 4.81. The molecule has 0 aliphatic carbocycles. The highest BCUT2D eigenvalue weighted by atomic mass is 16.2. The van der Waals surface area contributed by atoms with Crippen molar-refractivity contribution in [1.29, 1.82) is 0 Å². The lowest BCUT2D eigenvalue weighted by molar-refractivity contribution is -0.133. The van der Waals surface area contributed by atoms with Crippen LogP contribution in [0, 0.1) is 20.8 Å². The van der Waals surface area contributed by atoms with Crippen molar-refractivity contribution in [3.63, 3.8) is 0 Å². The third-order valence-electron chi connectivity index (χ3n) is 4.27. The van der Waals surface area contributed by atoms with Crippen LogP contribution >= 0.6 is 0 Å². The Kier molecular flexibility index (Phi) is 4.57. The van der Waals surface area contributed by atoms with Crippen molar-refractivity contribution in [1.82, 2.24) is 20.0 Å². The molecule has 2 aromatic heterocycles. The number of carbonyl (C=O) groups excluding carboxylic acids is 2. The number of benzene rings is 1. The Morgan fingerprint density at radius 2 is 1.81 bits per heavy atom. The van der Waals surface area contributed by atoms with Crippen molar-refractivity contribution in [2.24, 2.45) is 7.05 Å². The molecule has 2 amide bonds. The number of anilines is 2. The van der Waals surface area contributed by atoms with Crippen LogP contribution in [0.2, 0.25) is 0 Å². The van der Waals surface area contributed by atoms with Crippen LogP contribution < -0.4 is 10.6 Å². The summed E-state index contributed by atoms with van der Waals surface area (Å²) >= 11 is 0. The van der Waals surface area contributed by atoms with Gasteiger partial charge in [-0.05, 0) is 31.9 Å². The molecule has 0 spiro atoms. The van der Waals surface area contributed by atoms with Crippen molar-refractivity contribution in [2.45, 2.75) is 20.8 Å². The maximum atomic E-state index is 12.1. The van der Waals surface area contributed by atoms with E-state index in [1.807, 2.05) is 32.0 Å². The van der Waals surface area contributed by atoms with E-state index in [1.165, 1.54) is 4.68 Å². The Bertz CT molecular complexity index is 966. The molecule has 0 saturated carbocycles. The fraction of sp³-hybridized carbons (Fsp3) is 0.222. The van der Waals surface area contributed by atoms with Crippen LogP contribution in [0.25, 0.3) is 11.3 Å². The van der Waals surface area contributed by atoms with Gasteiger partial charge in [0.15, 0.2) is 5.82 Å². The molecule has 2 heterocycles. The second kappa shape index (κ2) is 6.83. The highest BCUT2D eigenvalue weighted by Gasteiger charge is 2.18. The summed E-state index contributed by atoms with van der Waals surface area (Å²) in [6.07, 6.45) is 1.61. The third-order valence-corrected chi connectivity index (χ3v) is 4.27. The van der Waals surface area contributed by atoms with Gasteiger partial charge in [0.05, 0.1) is 11.9 Å². The number of carbonyl (C=O) groups is 2. The molecule has 0 radical (unpaired) electrons. The van der Waals surface area contributed by atoms with E-state index in [2.05, 4.69) is 25.9 Å². The van der Waals surface area contributed by atoms with Gasteiger partial charge in [0.25, 0.3) is 0 Å². The van der Waals surface area contributed by atoms with Gasteiger partial charge in [-0.25, -0.2) is 0 Å². The van der Waals surface area contributed by atoms with E-state index in [4.69, 9.17) is 0 Å². The van der Waals surface area contributed by atoms with Gasteiger partial charge in [-0.2, -0.15) is 10.2 Å². The number of rotatable bonds is 3. The number of hydrogen-bond donors (Lipinski definition) is 3. The highest BCUT2D eigenvalue weighted by molar-refractivity contribution is 6.43. The van der Waals surface area contributed by atoms with E-state index in [1.54, 1.807) is 26.2 Å². The predicted octanol–water partition coefficient (Wildman–Crippen LogP) is 2.31. The molecule has 3 aromatic rings. The average Bonchev–Trinajstić information content (AvgIpc) is 3.19. The second-order valence-corrected chi connectivity index (χ2v) is 6.12. The zero-order chi connectivity index (χ0) is 18.8. The van der Waals surface area contributed by atoms with E-state index >= 15 is 0 Å². The first-order chi connectivity index (χ1) is 12.4. The van der Waals surface area contributed by atoms with Crippen LogP contribution in [0.15, 0.2) is 30.5 Å². The summed E-state index contributed by atoms with van der Waals surface area (Å²) in [4.78, 5) is 24.2. The molecule has 0 atom stereocenters. The molecule has 0 fully saturated rings. The summed E-state index contributed by atoms with van der Waals surface area (Å²) in [6, 6.07) is 7.66. The Morgan fingerprint density at radius 1 is 1.08 bits per heavy atom. The molecule has 0 aliphatic heterocycles. The number of aromatic nitrogens is 4. The third kappa shape index (κ3) is 3.34. The first kappa shape index (κ1) is 17.4. The molecule has 3 rings (SSSR count). The predicted molar refractivity (Wildman–Crippen MR) is 98.7 cm³/mol. The average molecular weight is 352 g/mol. The molecule has 8 nitrogen and oxygen atoms in total. The lowest BCUT2D eigenvalue weighted by atomic mass is 10.0. The van der Waals surface area contributed by atoms with Crippen LogP contribution in [0.3, 0.4) is 0 Å². The number of aryl methyl sites for hydroxylation is 3. The lowest BCUT2D eigenvalue weighted by Gasteiger charge is -2.06. The van der Waals surface area contributed by atoms with Gasteiger partial charge >= 0.3 is 11.8 Å². The molecule has 1 aromatic carbocycles. The van der Waals surface area contributed by atoms with Gasteiger partial charge < -0.3 is 10.6 Å². The fourth-order valence-corrected chi connectivity index (χ4v) is 2.63. The number of nitrogens with one attached hydrogen (secondary N) is 3. The van der Waals surface area contributed by atoms with E-state index in [0.29, 0.717) is 5.82 Å². The molecule has 8 heteroatoms. The minimum atomic E-state index is -0.801. The Balaban J connectivity index is 1.72. The number of hydrogen-bond acceptors (Lipinski definition) is 4. The largest absolute Gasteiger partial charge is 0.315 e. The minimum Gasteiger partial charge on any atom is -0.302 e. The summed E-state index contributed by atoms with van der Waals surface area (Å²) in [6.45, 7) is 5.85. The van der Waals surface area contributed by atoms with Gasteiger partial charge in [-0.15, -0.1) is 0 Å². The van der Waals surface area contributed by atoms with Gasteiger partial charge in [-0.1, -0.05) is 18.2 Å². The van der Waals surface area contributed by atoms with E-state index in [0.717, 1.165) is 27.9 Å². The lowest BCUT2D eigenvalue weighted by Crippen LogP contribution is -2.30. The standard InChI is InChI=1S/C18H20N6O2/c1-10-6-5-7-13(12(10)3)14-8-15(23-22-14)20-17(25)18(26)21-16-11(2)9-19-24(16)4/h5-9H,1-4H3,(H,21,26)(H2,20,22,23,25). The van der Waals surface area contributed by atoms with Crippen LogP contribution in [0.4, 0.5) is 11.6 Å². The zero-order valence-electron chi connectivity index (χ0n) is 15.0. The smallest absolute Gasteiger partial charge is 0.302 e. The molecule has 0 unspecified atom stereocenters. The highest BCUT2D eigenvalue weighted by Crippen LogP contribution is 2.25. The van der Waals surface area contributed by atoms with E-state index in [-0.39, 0.29) is 5.82 Å². The number of aromatic amines is 1. The number of H-pyrrole nitrogens is 1. The van der Waals surface area contributed by atoms with Gasteiger partial charge in [-0.3, -0.25) is 19.4 Å². The zero-order valence-corrected chi connectivity index (χ0v) is 15.0. The summed E-state index contributed by atoms with van der Waals surface area (Å²) < 4.78 is 1.49. The topological polar surface area (TPSA) is 105 Å². The second-order valence-electron chi connectivity index (χ2n) is 6.12. The van der Waals surface area contributed by atoms with Crippen LogP contribution in [-0.2, 0) is 16.6 Å². The molecular formula is C18H20N6O2. The van der Waals surface area contributed by atoms with Crippen molar-refractivity contribution in [2.75, 3.05) is 10.6 Å². The number of amides is 2. The SMILES string of the molecule is Cc1cccc(-c2cc(NC(=O)C(=O)Nc3c(C)cnn3C)n[nH]2)c1C. The van der Waals surface area contributed by atoms with E-state index in [9.17, 15) is 9.59 Å². The normalized spacial score (nSPS) is 10.6. The quantitative estimate of drug-likeness (QED) is 0.629. The first-order valence-electron chi connectivity index (χ1n) is 8.09. The van der Waals surface area contributed by atoms with Gasteiger partial charge in [0.1, 0.15) is 5.82 Å². The fourth-order valence-electron chi connectivity index (χ4n) is 2.63. The van der Waals surface area contributed by atoms with Crippen molar-refractivity contribution < 1.29 is 9.59 Å². The Morgan fingerprint density at radius 3 is 2.50 bits per heavy atom. The van der Waals surface area contributed by atoms with E-state index < -0.39 is 11.8 Å². The minimum absolute atomic E-state index is 0.280. The van der Waals surface area contributed by atoms with Crippen molar-refractivity contribution >= 4 is 23.5 Å². The summed E-state index contributed by atoms with van der Waals surface area (Å²) in [7, 11) is 1.69. The van der Waals surface area contributed by atoms with Gasteiger partial charge in [0.2, 0.25) is 0 Å². The molecule has 0 bridgehead atoms. The van der Waals surface area contributed by atoms with Crippen LogP contribution in [0.5, 0.6) is 0 Å². The molecule has 0 saturated heterocycles. The van der Waals surface area contributed by atoms with Crippen LogP contribution in [-0.4, -0.2) is 31.8 Å². The molecule has 3 N–H and O–H groups in total. The molecule has 134 valence electrons. The Hall–Kier alpha value is -3.42. The van der Waals surface area contributed by atoms with Gasteiger partial charge in [0, 0.05) is 24.2 Å².